The molecule has 7 nitrogen and oxygen atoms in total. The average molecular weight is 437 g/mol. The third-order valence-electron chi connectivity index (χ3n) is 5.96. The van der Waals surface area contributed by atoms with Gasteiger partial charge in [0.25, 0.3) is 0 Å². The van der Waals surface area contributed by atoms with Gasteiger partial charge in [-0.3, -0.25) is 4.79 Å². The van der Waals surface area contributed by atoms with Crippen LogP contribution in [0, 0.1) is 0 Å². The lowest BCUT2D eigenvalue weighted by Gasteiger charge is -2.41. The molecule has 1 N–H and O–H groups in total. The van der Waals surface area contributed by atoms with Gasteiger partial charge in [0.15, 0.2) is 0 Å². The Hall–Kier alpha value is -3.61. The Morgan fingerprint density at radius 2 is 1.62 bits per heavy atom. The van der Waals surface area contributed by atoms with Crippen LogP contribution in [0.3, 0.4) is 0 Å². The standard InChI is InChI=1S/C25H28N2O5/c1-17(28)32-25(4,5)24(2,3)18-11-13-20(14-12-18)31-16-22-21(23(29)30)15-26-27(22)19-9-7-6-8-10-19/h6-15H,16H2,1-5H3,(H,29,30). The van der Waals surface area contributed by atoms with E-state index in [1.807, 2.05) is 82.3 Å². The molecular formula is C25H28N2O5. The summed E-state index contributed by atoms with van der Waals surface area (Å²) in [5.41, 5.74) is 1.12. The van der Waals surface area contributed by atoms with Gasteiger partial charge in [-0.25, -0.2) is 9.48 Å². The Balaban J connectivity index is 1.81. The summed E-state index contributed by atoms with van der Waals surface area (Å²) in [7, 11) is 0. The fraction of sp³-hybridized carbons (Fsp3) is 0.320. The van der Waals surface area contributed by atoms with Crippen LogP contribution >= 0.6 is 0 Å². The highest BCUT2D eigenvalue weighted by atomic mass is 16.6. The second-order valence-electron chi connectivity index (χ2n) is 8.60. The number of aromatic nitrogens is 2. The average Bonchev–Trinajstić information content (AvgIpc) is 3.16. The van der Waals surface area contributed by atoms with Crippen LogP contribution in [0.25, 0.3) is 5.69 Å². The van der Waals surface area contributed by atoms with Crippen molar-refractivity contribution in [2.75, 3.05) is 0 Å². The van der Waals surface area contributed by atoms with Crippen molar-refractivity contribution in [3.8, 4) is 11.4 Å². The van der Waals surface area contributed by atoms with Crippen molar-refractivity contribution >= 4 is 11.9 Å². The Morgan fingerprint density at radius 3 is 2.19 bits per heavy atom. The molecule has 0 fully saturated rings. The monoisotopic (exact) mass is 436 g/mol. The first-order valence-corrected chi connectivity index (χ1v) is 10.3. The highest BCUT2D eigenvalue weighted by Crippen LogP contribution is 2.38. The van der Waals surface area contributed by atoms with Gasteiger partial charge in [0.1, 0.15) is 23.5 Å². The summed E-state index contributed by atoms with van der Waals surface area (Å²) < 4.78 is 13.0. The zero-order chi connectivity index (χ0) is 23.5. The second-order valence-corrected chi connectivity index (χ2v) is 8.60. The van der Waals surface area contributed by atoms with Crippen LogP contribution in [-0.4, -0.2) is 32.4 Å². The van der Waals surface area contributed by atoms with E-state index >= 15 is 0 Å². The number of benzene rings is 2. The molecule has 0 saturated heterocycles. The number of carbonyl (C=O) groups is 2. The number of nitrogens with zero attached hydrogens (tertiary/aromatic N) is 2. The van der Waals surface area contributed by atoms with Gasteiger partial charge in [0.05, 0.1) is 17.6 Å². The van der Waals surface area contributed by atoms with E-state index in [1.165, 1.54) is 13.1 Å². The van der Waals surface area contributed by atoms with E-state index in [-0.39, 0.29) is 18.1 Å². The summed E-state index contributed by atoms with van der Waals surface area (Å²) in [4.78, 5) is 23.2. The molecule has 0 radical (unpaired) electrons. The lowest BCUT2D eigenvalue weighted by Crippen LogP contribution is -2.46. The molecule has 0 bridgehead atoms. The van der Waals surface area contributed by atoms with Gasteiger partial charge >= 0.3 is 11.9 Å². The minimum Gasteiger partial charge on any atom is -0.487 e. The lowest BCUT2D eigenvalue weighted by molar-refractivity contribution is -0.159. The SMILES string of the molecule is CC(=O)OC(C)(C)C(C)(C)c1ccc(OCc2c(C(=O)O)cnn2-c2ccccc2)cc1. The van der Waals surface area contributed by atoms with Gasteiger partial charge in [0.2, 0.25) is 0 Å². The molecule has 1 aromatic heterocycles. The van der Waals surface area contributed by atoms with Crippen molar-refractivity contribution in [3.63, 3.8) is 0 Å². The molecule has 0 aliphatic heterocycles. The van der Waals surface area contributed by atoms with Gasteiger partial charge in [-0.1, -0.05) is 44.2 Å². The number of hydrogen-bond donors (Lipinski definition) is 1. The largest absolute Gasteiger partial charge is 0.487 e. The number of aromatic carboxylic acids is 1. The van der Waals surface area contributed by atoms with Gasteiger partial charge in [0, 0.05) is 12.3 Å². The van der Waals surface area contributed by atoms with Crippen molar-refractivity contribution in [1.29, 1.82) is 0 Å². The Bertz CT molecular complexity index is 1100. The predicted molar refractivity (Wildman–Crippen MR) is 120 cm³/mol. The van der Waals surface area contributed by atoms with Crippen LogP contribution < -0.4 is 4.74 Å². The maximum absolute atomic E-state index is 11.7. The number of carboxylic acid groups (broad SMARTS) is 1. The predicted octanol–water partition coefficient (Wildman–Crippen LogP) is 4.77. The maximum Gasteiger partial charge on any atom is 0.339 e. The molecule has 3 aromatic rings. The van der Waals surface area contributed by atoms with E-state index in [2.05, 4.69) is 5.10 Å². The smallest absolute Gasteiger partial charge is 0.339 e. The van der Waals surface area contributed by atoms with Crippen LogP contribution in [-0.2, 0) is 21.6 Å². The van der Waals surface area contributed by atoms with E-state index in [9.17, 15) is 14.7 Å². The summed E-state index contributed by atoms with van der Waals surface area (Å²) in [5, 5.41) is 13.8. The Kier molecular flexibility index (Phi) is 6.39. The quantitative estimate of drug-likeness (QED) is 0.512. The van der Waals surface area contributed by atoms with Crippen molar-refractivity contribution in [1.82, 2.24) is 9.78 Å². The number of carboxylic acids is 1. The molecule has 32 heavy (non-hydrogen) atoms. The number of rotatable bonds is 8. The van der Waals surface area contributed by atoms with Crippen LogP contribution in [0.5, 0.6) is 5.75 Å². The molecule has 2 aromatic carbocycles. The normalized spacial score (nSPS) is 11.8. The Morgan fingerprint density at radius 1 is 1.00 bits per heavy atom. The van der Waals surface area contributed by atoms with Gasteiger partial charge in [-0.05, 0) is 43.7 Å². The fourth-order valence-corrected chi connectivity index (χ4v) is 3.44. The molecular weight excluding hydrogens is 408 g/mol. The molecule has 0 saturated carbocycles. The van der Waals surface area contributed by atoms with Crippen molar-refractivity contribution in [3.05, 3.63) is 77.6 Å². The summed E-state index contributed by atoms with van der Waals surface area (Å²) in [6, 6.07) is 16.8. The van der Waals surface area contributed by atoms with Gasteiger partial charge in [-0.2, -0.15) is 5.10 Å². The summed E-state index contributed by atoms with van der Waals surface area (Å²) >= 11 is 0. The molecule has 0 unspecified atom stereocenters. The molecule has 168 valence electrons. The molecule has 3 rings (SSSR count). The topological polar surface area (TPSA) is 90.7 Å². The first-order valence-electron chi connectivity index (χ1n) is 10.3. The molecule has 0 aliphatic carbocycles. The lowest BCUT2D eigenvalue weighted by atomic mass is 9.72. The zero-order valence-corrected chi connectivity index (χ0v) is 19.0. The number of esters is 1. The fourth-order valence-electron chi connectivity index (χ4n) is 3.44. The molecule has 0 atom stereocenters. The zero-order valence-electron chi connectivity index (χ0n) is 19.0. The van der Waals surface area contributed by atoms with Crippen LogP contribution in [0.2, 0.25) is 0 Å². The van der Waals surface area contributed by atoms with Crippen LogP contribution in [0.15, 0.2) is 60.8 Å². The second kappa shape index (κ2) is 8.86. The Labute approximate surface area is 187 Å². The van der Waals surface area contributed by atoms with Crippen LogP contribution in [0.1, 0.15) is 56.2 Å². The van der Waals surface area contributed by atoms with E-state index in [4.69, 9.17) is 9.47 Å². The third-order valence-corrected chi connectivity index (χ3v) is 5.96. The first kappa shape index (κ1) is 23.1. The maximum atomic E-state index is 11.7. The molecule has 7 heteroatoms. The van der Waals surface area contributed by atoms with Gasteiger partial charge < -0.3 is 14.6 Å². The summed E-state index contributed by atoms with van der Waals surface area (Å²) in [6.07, 6.45) is 1.33. The van der Waals surface area contributed by atoms with Crippen molar-refractivity contribution in [2.45, 2.75) is 52.2 Å². The highest BCUT2D eigenvalue weighted by Gasteiger charge is 2.41. The summed E-state index contributed by atoms with van der Waals surface area (Å²) in [5.74, 6) is -0.796. The van der Waals surface area contributed by atoms with Crippen LogP contribution in [0.4, 0.5) is 0 Å². The summed E-state index contributed by atoms with van der Waals surface area (Å²) in [6.45, 7) is 9.25. The van der Waals surface area contributed by atoms with E-state index in [1.54, 1.807) is 4.68 Å². The number of carbonyl (C=O) groups excluding carboxylic acids is 1. The first-order chi connectivity index (χ1) is 15.0. The number of para-hydroxylation sites is 1. The van der Waals surface area contributed by atoms with E-state index in [0.29, 0.717) is 11.4 Å². The van der Waals surface area contributed by atoms with E-state index in [0.717, 1.165) is 11.3 Å². The van der Waals surface area contributed by atoms with Gasteiger partial charge in [-0.15, -0.1) is 0 Å². The third kappa shape index (κ3) is 4.66. The van der Waals surface area contributed by atoms with Crippen molar-refractivity contribution < 1.29 is 24.2 Å². The van der Waals surface area contributed by atoms with Crippen molar-refractivity contribution in [2.24, 2.45) is 0 Å². The molecule has 0 aliphatic rings. The van der Waals surface area contributed by atoms with E-state index < -0.39 is 17.0 Å². The molecule has 0 amide bonds. The highest BCUT2D eigenvalue weighted by molar-refractivity contribution is 5.88. The molecule has 0 spiro atoms. The minimum atomic E-state index is -1.06. The number of ether oxygens (including phenoxy) is 2. The minimum absolute atomic E-state index is 0.0399. The molecule has 1 heterocycles. The number of hydrogen-bond acceptors (Lipinski definition) is 5.